The van der Waals surface area contributed by atoms with E-state index in [0.717, 1.165) is 11.0 Å². The van der Waals surface area contributed by atoms with Crippen LogP contribution in [0.25, 0.3) is 0 Å². The highest BCUT2D eigenvalue weighted by Crippen LogP contribution is 2.41. The number of hydrogen-bond donors (Lipinski definition) is 0. The van der Waals surface area contributed by atoms with E-state index in [1.54, 1.807) is 12.1 Å². The number of nitriles is 1. The van der Waals surface area contributed by atoms with Gasteiger partial charge in [-0.15, -0.1) is 11.8 Å². The molecule has 7 heteroatoms. The van der Waals surface area contributed by atoms with Gasteiger partial charge in [0.25, 0.3) is 0 Å². The maximum absolute atomic E-state index is 14.2. The Labute approximate surface area is 137 Å². The molecule has 0 bridgehead atoms. The van der Waals surface area contributed by atoms with E-state index in [-0.39, 0.29) is 5.69 Å². The summed E-state index contributed by atoms with van der Waals surface area (Å²) in [6, 6.07) is 13.1. The first kappa shape index (κ1) is 15.6. The molecule has 0 fully saturated rings. The minimum absolute atomic E-state index is 0.197. The molecule has 0 aliphatic carbocycles. The lowest BCUT2D eigenvalue weighted by Crippen LogP contribution is -2.22. The van der Waals surface area contributed by atoms with Crippen molar-refractivity contribution < 1.29 is 12.8 Å². The molecule has 0 amide bonds. The summed E-state index contributed by atoms with van der Waals surface area (Å²) in [5, 5.41) is 9.16. The van der Waals surface area contributed by atoms with Gasteiger partial charge in [-0.25, -0.2) is 12.8 Å². The molecule has 0 aromatic heterocycles. The summed E-state index contributed by atoms with van der Waals surface area (Å²) < 4.78 is 39.0. The second-order valence-corrected chi connectivity index (χ2v) is 7.50. The summed E-state index contributed by atoms with van der Waals surface area (Å²) in [5.41, 5.74) is 0.855. The second-order valence-electron chi connectivity index (χ2n) is 4.77. The molecule has 0 unspecified atom stereocenters. The third-order valence-corrected chi connectivity index (χ3v) is 5.89. The molecule has 0 saturated carbocycles. The third kappa shape index (κ3) is 2.50. The molecule has 3 rings (SSSR count). The standard InChI is InChI=1S/C16H11FN2O2S2/c1-22-12-5-2-4-11(8-12)19-10-13(9-18)23(20,21)16-14(17)6-3-7-15(16)19/h2-8,10H,1H3. The van der Waals surface area contributed by atoms with E-state index < -0.39 is 25.5 Å². The number of hydrogen-bond acceptors (Lipinski definition) is 5. The van der Waals surface area contributed by atoms with E-state index in [1.165, 1.54) is 35.0 Å². The number of allylic oxidation sites excluding steroid dienone is 1. The zero-order valence-electron chi connectivity index (χ0n) is 12.0. The Morgan fingerprint density at radius 3 is 2.65 bits per heavy atom. The van der Waals surface area contributed by atoms with Crippen LogP contribution in [0, 0.1) is 17.1 Å². The highest BCUT2D eigenvalue weighted by molar-refractivity contribution is 7.98. The Morgan fingerprint density at radius 2 is 1.96 bits per heavy atom. The van der Waals surface area contributed by atoms with E-state index in [2.05, 4.69) is 0 Å². The van der Waals surface area contributed by atoms with Crippen molar-refractivity contribution in [3.63, 3.8) is 0 Å². The molecular formula is C16H11FN2O2S2. The molecule has 0 spiro atoms. The molecule has 4 nitrogen and oxygen atoms in total. The molecule has 1 aliphatic rings. The Hall–Kier alpha value is -2.30. The zero-order valence-corrected chi connectivity index (χ0v) is 13.7. The van der Waals surface area contributed by atoms with Crippen molar-refractivity contribution in [2.45, 2.75) is 9.79 Å². The average molecular weight is 346 g/mol. The van der Waals surface area contributed by atoms with Gasteiger partial charge in [0.2, 0.25) is 9.84 Å². The molecule has 0 atom stereocenters. The summed E-state index contributed by atoms with van der Waals surface area (Å²) in [7, 11) is -4.14. The number of sulfone groups is 1. The van der Waals surface area contributed by atoms with Crippen molar-refractivity contribution in [3.05, 3.63) is 59.4 Å². The topological polar surface area (TPSA) is 61.2 Å². The SMILES string of the molecule is CSc1cccc(N2C=C(C#N)S(=O)(=O)c3c(F)cccc32)c1. The van der Waals surface area contributed by atoms with Crippen LogP contribution in [-0.4, -0.2) is 14.7 Å². The fourth-order valence-electron chi connectivity index (χ4n) is 2.38. The van der Waals surface area contributed by atoms with E-state index in [0.29, 0.717) is 5.69 Å². The summed E-state index contributed by atoms with van der Waals surface area (Å²) in [5.74, 6) is -0.866. The molecule has 2 aromatic carbocycles. The van der Waals surface area contributed by atoms with Gasteiger partial charge in [-0.3, -0.25) is 0 Å². The minimum atomic E-state index is -4.14. The van der Waals surface area contributed by atoms with E-state index in [9.17, 15) is 12.8 Å². The summed E-state index contributed by atoms with van der Waals surface area (Å²) in [6.07, 6.45) is 3.15. The van der Waals surface area contributed by atoms with Crippen LogP contribution in [0.2, 0.25) is 0 Å². The third-order valence-electron chi connectivity index (χ3n) is 3.45. The largest absolute Gasteiger partial charge is 0.314 e. The van der Waals surface area contributed by atoms with Crippen LogP contribution >= 0.6 is 11.8 Å². The fourth-order valence-corrected chi connectivity index (χ4v) is 4.19. The van der Waals surface area contributed by atoms with Crippen molar-refractivity contribution >= 4 is 33.0 Å². The molecule has 23 heavy (non-hydrogen) atoms. The van der Waals surface area contributed by atoms with Gasteiger partial charge in [0.1, 0.15) is 16.8 Å². The summed E-state index contributed by atoms with van der Waals surface area (Å²) in [4.78, 5) is 1.55. The van der Waals surface area contributed by atoms with Gasteiger partial charge in [-0.2, -0.15) is 5.26 Å². The first-order chi connectivity index (χ1) is 11.0. The van der Waals surface area contributed by atoms with Gasteiger partial charge in [0.05, 0.1) is 5.69 Å². The normalized spacial score (nSPS) is 15.5. The quantitative estimate of drug-likeness (QED) is 0.773. The summed E-state index contributed by atoms with van der Waals surface area (Å²) in [6.45, 7) is 0. The number of anilines is 2. The van der Waals surface area contributed by atoms with Gasteiger partial charge in [-0.05, 0) is 36.6 Å². The maximum Gasteiger partial charge on any atom is 0.223 e. The Bertz CT molecular complexity index is 962. The van der Waals surface area contributed by atoms with Crippen LogP contribution < -0.4 is 4.90 Å². The van der Waals surface area contributed by atoms with Crippen molar-refractivity contribution in [2.24, 2.45) is 0 Å². The Kier molecular flexibility index (Phi) is 3.88. The lowest BCUT2D eigenvalue weighted by Gasteiger charge is -2.27. The smallest absolute Gasteiger partial charge is 0.223 e. The van der Waals surface area contributed by atoms with Crippen molar-refractivity contribution in [2.75, 3.05) is 11.2 Å². The van der Waals surface area contributed by atoms with E-state index >= 15 is 0 Å². The van der Waals surface area contributed by atoms with Gasteiger partial charge in [0, 0.05) is 16.8 Å². The van der Waals surface area contributed by atoms with Crippen LogP contribution in [0.4, 0.5) is 15.8 Å². The predicted molar refractivity (Wildman–Crippen MR) is 87.6 cm³/mol. The average Bonchev–Trinajstić information content (AvgIpc) is 2.54. The number of nitrogens with zero attached hydrogens (tertiary/aromatic N) is 2. The maximum atomic E-state index is 14.2. The Balaban J connectivity index is 2.30. The number of thioether (sulfide) groups is 1. The monoisotopic (exact) mass is 346 g/mol. The molecule has 1 heterocycles. The zero-order chi connectivity index (χ0) is 16.6. The molecule has 116 valence electrons. The lowest BCUT2D eigenvalue weighted by atomic mass is 10.2. The van der Waals surface area contributed by atoms with Crippen molar-refractivity contribution in [1.82, 2.24) is 0 Å². The molecule has 0 N–H and O–H groups in total. The number of benzene rings is 2. The predicted octanol–water partition coefficient (Wildman–Crippen LogP) is 3.84. The summed E-state index contributed by atoms with van der Waals surface area (Å²) >= 11 is 1.53. The number of fused-ring (bicyclic) bond motifs is 1. The van der Waals surface area contributed by atoms with Crippen LogP contribution in [0.5, 0.6) is 0 Å². The van der Waals surface area contributed by atoms with Crippen LogP contribution in [0.1, 0.15) is 0 Å². The van der Waals surface area contributed by atoms with Crippen molar-refractivity contribution in [1.29, 1.82) is 5.26 Å². The highest BCUT2D eigenvalue weighted by atomic mass is 32.2. The van der Waals surface area contributed by atoms with Gasteiger partial charge >= 0.3 is 0 Å². The number of halogens is 1. The van der Waals surface area contributed by atoms with Crippen LogP contribution in [0.15, 0.2) is 63.4 Å². The second kappa shape index (κ2) is 5.72. The molecule has 2 aromatic rings. The fraction of sp³-hybridized carbons (Fsp3) is 0.0625. The van der Waals surface area contributed by atoms with Crippen LogP contribution in [-0.2, 0) is 9.84 Å². The molecule has 0 radical (unpaired) electrons. The molecular weight excluding hydrogens is 335 g/mol. The van der Waals surface area contributed by atoms with E-state index in [1.807, 2.05) is 24.5 Å². The molecule has 1 aliphatic heterocycles. The Morgan fingerprint density at radius 1 is 1.22 bits per heavy atom. The highest BCUT2D eigenvalue weighted by Gasteiger charge is 2.34. The first-order valence-electron chi connectivity index (χ1n) is 6.58. The van der Waals surface area contributed by atoms with Crippen molar-refractivity contribution in [3.8, 4) is 6.07 Å². The van der Waals surface area contributed by atoms with Crippen LogP contribution in [0.3, 0.4) is 0 Å². The minimum Gasteiger partial charge on any atom is -0.314 e. The van der Waals surface area contributed by atoms with Gasteiger partial charge in [-0.1, -0.05) is 12.1 Å². The number of rotatable bonds is 2. The van der Waals surface area contributed by atoms with Gasteiger partial charge in [0.15, 0.2) is 4.91 Å². The van der Waals surface area contributed by atoms with E-state index in [4.69, 9.17) is 5.26 Å². The molecule has 0 saturated heterocycles. The first-order valence-corrected chi connectivity index (χ1v) is 9.28. The lowest BCUT2D eigenvalue weighted by molar-refractivity contribution is 0.570. The van der Waals surface area contributed by atoms with Gasteiger partial charge < -0.3 is 4.90 Å².